The van der Waals surface area contributed by atoms with Crippen molar-refractivity contribution in [2.75, 3.05) is 0 Å². The largest absolute Gasteiger partial charge is 0.295 e. The summed E-state index contributed by atoms with van der Waals surface area (Å²) in [5.74, 6) is -0.484. The predicted octanol–water partition coefficient (Wildman–Crippen LogP) is 2.15. The molecule has 0 amide bonds. The molecule has 0 heterocycles. The molecule has 0 saturated heterocycles. The van der Waals surface area contributed by atoms with Crippen LogP contribution in [0.1, 0.15) is 6.42 Å². The molecule has 4 heteroatoms. The summed E-state index contributed by atoms with van der Waals surface area (Å²) in [6.45, 7) is 3.25. The maximum Gasteiger partial charge on any atom is 0.248 e. The molecule has 0 spiro atoms. The van der Waals surface area contributed by atoms with Crippen LogP contribution in [0, 0.1) is 6.92 Å². The molecule has 0 unspecified atom stereocenters. The number of halogens is 3. The number of carbonyl (C=O) groups is 1. The van der Waals surface area contributed by atoms with Gasteiger partial charge in [-0.25, -0.2) is 0 Å². The molecule has 0 saturated carbocycles. The summed E-state index contributed by atoms with van der Waals surface area (Å²) in [5, 5.41) is 0. The average molecular weight is 174 g/mol. The van der Waals surface area contributed by atoms with Gasteiger partial charge >= 0.3 is 0 Å². The molecular weight excluding hydrogens is 170 g/mol. The third-order valence-corrected chi connectivity index (χ3v) is 1.18. The van der Waals surface area contributed by atoms with Crippen molar-refractivity contribution in [3.63, 3.8) is 0 Å². The molecular formula is C4H4Cl3O. The van der Waals surface area contributed by atoms with Gasteiger partial charge in [-0.15, -0.1) is 0 Å². The van der Waals surface area contributed by atoms with Crippen molar-refractivity contribution in [3.8, 4) is 0 Å². The maximum absolute atomic E-state index is 10.4. The molecule has 0 fully saturated rings. The van der Waals surface area contributed by atoms with Gasteiger partial charge in [0, 0.05) is 6.42 Å². The summed E-state index contributed by atoms with van der Waals surface area (Å²) in [7, 11) is 0. The molecule has 0 rings (SSSR count). The Balaban J connectivity index is 3.82. The van der Waals surface area contributed by atoms with Crippen LogP contribution < -0.4 is 0 Å². The molecule has 0 aromatic carbocycles. The topological polar surface area (TPSA) is 17.1 Å². The quantitative estimate of drug-likeness (QED) is 0.557. The molecule has 0 aromatic heterocycles. The van der Waals surface area contributed by atoms with E-state index in [1.54, 1.807) is 0 Å². The van der Waals surface area contributed by atoms with E-state index in [1.165, 1.54) is 0 Å². The molecule has 0 aliphatic carbocycles. The Hall–Kier alpha value is 0.540. The molecule has 47 valence electrons. The van der Waals surface area contributed by atoms with E-state index >= 15 is 0 Å². The van der Waals surface area contributed by atoms with E-state index in [9.17, 15) is 4.79 Å². The summed E-state index contributed by atoms with van der Waals surface area (Å²) >= 11 is 15.4. The van der Waals surface area contributed by atoms with Gasteiger partial charge in [-0.3, -0.25) is 4.79 Å². The summed E-state index contributed by atoms with van der Waals surface area (Å²) < 4.78 is -1.78. The highest BCUT2D eigenvalue weighted by atomic mass is 35.6. The van der Waals surface area contributed by atoms with Crippen molar-refractivity contribution in [1.82, 2.24) is 0 Å². The number of alkyl halides is 3. The standard InChI is InChI=1S/C4H4Cl3O/c1-2-3(8)4(5,6)7/h1-2H2. The summed E-state index contributed by atoms with van der Waals surface area (Å²) in [6, 6.07) is 0. The van der Waals surface area contributed by atoms with Gasteiger partial charge < -0.3 is 0 Å². The van der Waals surface area contributed by atoms with Crippen LogP contribution in [0.2, 0.25) is 0 Å². The van der Waals surface area contributed by atoms with Crippen molar-refractivity contribution in [2.45, 2.75) is 10.2 Å². The first kappa shape index (κ1) is 8.54. The van der Waals surface area contributed by atoms with Gasteiger partial charge in [-0.2, -0.15) is 0 Å². The zero-order valence-corrected chi connectivity index (χ0v) is 6.22. The third kappa shape index (κ3) is 2.75. The Morgan fingerprint density at radius 1 is 1.50 bits per heavy atom. The SMILES string of the molecule is [CH2]CC(=O)C(Cl)(Cl)Cl. The highest BCUT2D eigenvalue weighted by Crippen LogP contribution is 2.27. The lowest BCUT2D eigenvalue weighted by molar-refractivity contribution is -0.117. The van der Waals surface area contributed by atoms with Gasteiger partial charge in [0.2, 0.25) is 3.79 Å². The fourth-order valence-corrected chi connectivity index (χ4v) is 0.425. The molecule has 0 aliphatic rings. The number of ketones is 1. The van der Waals surface area contributed by atoms with Crippen LogP contribution in [0.25, 0.3) is 0 Å². The lowest BCUT2D eigenvalue weighted by atomic mass is 10.3. The molecule has 1 nitrogen and oxygen atoms in total. The third-order valence-electron chi connectivity index (χ3n) is 0.543. The van der Waals surface area contributed by atoms with Crippen LogP contribution in [0.15, 0.2) is 0 Å². The molecule has 0 bridgehead atoms. The Kier molecular flexibility index (Phi) is 3.10. The second-order valence-corrected chi connectivity index (χ2v) is 3.45. The van der Waals surface area contributed by atoms with Crippen LogP contribution >= 0.6 is 34.8 Å². The lowest BCUT2D eigenvalue weighted by Crippen LogP contribution is -2.16. The summed E-state index contributed by atoms with van der Waals surface area (Å²) in [5.41, 5.74) is 0. The number of hydrogen-bond acceptors (Lipinski definition) is 1. The minimum Gasteiger partial charge on any atom is -0.295 e. The predicted molar refractivity (Wildman–Crippen MR) is 35.3 cm³/mol. The summed E-state index contributed by atoms with van der Waals surface area (Å²) in [6.07, 6.45) is 0.0104. The van der Waals surface area contributed by atoms with E-state index in [0.29, 0.717) is 0 Å². The molecule has 0 N–H and O–H groups in total. The molecule has 0 aliphatic heterocycles. The van der Waals surface area contributed by atoms with Crippen molar-refractivity contribution in [1.29, 1.82) is 0 Å². The van der Waals surface area contributed by atoms with E-state index in [-0.39, 0.29) is 6.42 Å². The second kappa shape index (κ2) is 2.90. The van der Waals surface area contributed by atoms with Gasteiger partial charge in [0.15, 0.2) is 5.78 Å². The zero-order valence-electron chi connectivity index (χ0n) is 3.96. The number of hydrogen-bond donors (Lipinski definition) is 0. The van der Waals surface area contributed by atoms with Crippen LogP contribution in [0.3, 0.4) is 0 Å². The van der Waals surface area contributed by atoms with Gasteiger partial charge in [-0.1, -0.05) is 34.8 Å². The highest BCUT2D eigenvalue weighted by Gasteiger charge is 2.27. The lowest BCUT2D eigenvalue weighted by Gasteiger charge is -2.04. The minimum absolute atomic E-state index is 0.0104. The Labute approximate surface area is 62.9 Å². The molecule has 0 aromatic rings. The molecule has 1 radical (unpaired) electrons. The second-order valence-electron chi connectivity index (χ2n) is 1.17. The van der Waals surface area contributed by atoms with E-state index < -0.39 is 9.58 Å². The zero-order chi connectivity index (χ0) is 6.78. The Morgan fingerprint density at radius 3 is 1.88 bits per heavy atom. The Morgan fingerprint density at radius 2 is 1.88 bits per heavy atom. The van der Waals surface area contributed by atoms with Crippen molar-refractivity contribution in [3.05, 3.63) is 6.92 Å². The van der Waals surface area contributed by atoms with Gasteiger partial charge in [0.05, 0.1) is 0 Å². The van der Waals surface area contributed by atoms with Crippen LogP contribution in [0.4, 0.5) is 0 Å². The number of Topliss-reactive ketones (excluding diaryl/α,β-unsaturated/α-hetero) is 1. The maximum atomic E-state index is 10.4. The van der Waals surface area contributed by atoms with E-state index in [1.807, 2.05) is 0 Å². The van der Waals surface area contributed by atoms with E-state index in [2.05, 4.69) is 6.92 Å². The highest BCUT2D eigenvalue weighted by molar-refractivity contribution is 6.76. The first-order valence-corrected chi connectivity index (χ1v) is 3.01. The summed E-state index contributed by atoms with van der Waals surface area (Å²) in [4.78, 5) is 10.4. The van der Waals surface area contributed by atoms with Crippen molar-refractivity contribution >= 4 is 40.6 Å². The minimum atomic E-state index is -1.78. The Bertz CT molecular complexity index is 93.9. The smallest absolute Gasteiger partial charge is 0.248 e. The van der Waals surface area contributed by atoms with Gasteiger partial charge in [0.25, 0.3) is 0 Å². The number of rotatable bonds is 1. The van der Waals surface area contributed by atoms with Crippen LogP contribution in [-0.4, -0.2) is 9.58 Å². The van der Waals surface area contributed by atoms with Gasteiger partial charge in [0.1, 0.15) is 0 Å². The average Bonchev–Trinajstić information content (AvgIpc) is 1.62. The van der Waals surface area contributed by atoms with Crippen molar-refractivity contribution < 1.29 is 4.79 Å². The van der Waals surface area contributed by atoms with Crippen LogP contribution in [0.5, 0.6) is 0 Å². The molecule has 8 heavy (non-hydrogen) atoms. The van der Waals surface area contributed by atoms with E-state index in [4.69, 9.17) is 34.8 Å². The normalized spacial score (nSPS) is 11.5. The molecule has 0 atom stereocenters. The van der Waals surface area contributed by atoms with E-state index in [0.717, 1.165) is 0 Å². The first-order chi connectivity index (χ1) is 3.48. The fraction of sp³-hybridized carbons (Fsp3) is 0.500. The first-order valence-electron chi connectivity index (χ1n) is 1.87. The van der Waals surface area contributed by atoms with Crippen LogP contribution in [-0.2, 0) is 4.79 Å². The van der Waals surface area contributed by atoms with Gasteiger partial charge in [-0.05, 0) is 6.92 Å². The van der Waals surface area contributed by atoms with Crippen molar-refractivity contribution in [2.24, 2.45) is 0 Å². The number of carbonyl (C=O) groups excluding carboxylic acids is 1. The monoisotopic (exact) mass is 173 g/mol. The fourth-order valence-electron chi connectivity index (χ4n) is 0.142.